The third-order valence-corrected chi connectivity index (χ3v) is 5.20. The number of anilines is 1. The van der Waals surface area contributed by atoms with Gasteiger partial charge < -0.3 is 9.64 Å². The van der Waals surface area contributed by atoms with Crippen molar-refractivity contribution in [1.29, 1.82) is 0 Å². The van der Waals surface area contributed by atoms with Crippen molar-refractivity contribution in [3.63, 3.8) is 0 Å². The molecule has 1 aliphatic rings. The Morgan fingerprint density at radius 2 is 1.62 bits per heavy atom. The molecule has 1 aliphatic heterocycles. The van der Waals surface area contributed by atoms with E-state index in [1.54, 1.807) is 12.3 Å². The van der Waals surface area contributed by atoms with Gasteiger partial charge >= 0.3 is 0 Å². The maximum absolute atomic E-state index is 14.2. The van der Waals surface area contributed by atoms with Crippen molar-refractivity contribution in [2.24, 2.45) is 0 Å². The predicted molar refractivity (Wildman–Crippen MR) is 113 cm³/mol. The van der Waals surface area contributed by atoms with Gasteiger partial charge in [-0.25, -0.2) is 4.39 Å². The van der Waals surface area contributed by atoms with Crippen LogP contribution in [0.15, 0.2) is 73.1 Å². The molecule has 1 aromatic heterocycles. The maximum Gasteiger partial charge on any atom is 0.127 e. The number of benzene rings is 2. The van der Waals surface area contributed by atoms with E-state index < -0.39 is 0 Å². The Hall–Kier alpha value is -2.76. The molecule has 0 unspecified atom stereocenters. The van der Waals surface area contributed by atoms with E-state index in [1.165, 1.54) is 17.3 Å². The summed E-state index contributed by atoms with van der Waals surface area (Å²) < 4.78 is 19.7. The summed E-state index contributed by atoms with van der Waals surface area (Å²) in [5, 5.41) is 0. The molecule has 1 saturated heterocycles. The highest BCUT2D eigenvalue weighted by Gasteiger charge is 2.13. The van der Waals surface area contributed by atoms with Gasteiger partial charge in [-0.05, 0) is 35.4 Å². The van der Waals surface area contributed by atoms with Gasteiger partial charge in [-0.1, -0.05) is 36.4 Å². The lowest BCUT2D eigenvalue weighted by atomic mass is 10.1. The van der Waals surface area contributed by atoms with E-state index in [9.17, 15) is 4.39 Å². The van der Waals surface area contributed by atoms with Crippen LogP contribution in [0.2, 0.25) is 0 Å². The number of nitrogens with zero attached hydrogens (tertiary/aromatic N) is 3. The molecule has 4 nitrogen and oxygen atoms in total. The van der Waals surface area contributed by atoms with Gasteiger partial charge in [0, 0.05) is 56.4 Å². The van der Waals surface area contributed by atoms with Crippen molar-refractivity contribution < 1.29 is 9.13 Å². The zero-order valence-electron chi connectivity index (χ0n) is 16.5. The molecule has 0 spiro atoms. The Balaban J connectivity index is 1.49. The second-order valence-corrected chi connectivity index (χ2v) is 7.36. The summed E-state index contributed by atoms with van der Waals surface area (Å²) in [7, 11) is 0. The summed E-state index contributed by atoms with van der Waals surface area (Å²) in [6.07, 6.45) is 3.64. The van der Waals surface area contributed by atoms with Gasteiger partial charge in [-0.15, -0.1) is 0 Å². The first-order valence-corrected chi connectivity index (χ1v) is 10.0. The fourth-order valence-electron chi connectivity index (χ4n) is 3.68. The van der Waals surface area contributed by atoms with Crippen LogP contribution in [0.4, 0.5) is 10.1 Å². The molecule has 29 heavy (non-hydrogen) atoms. The van der Waals surface area contributed by atoms with Crippen molar-refractivity contribution in [1.82, 2.24) is 9.88 Å². The van der Waals surface area contributed by atoms with Gasteiger partial charge in [0.1, 0.15) is 5.82 Å². The minimum Gasteiger partial charge on any atom is -0.378 e. The summed E-state index contributed by atoms with van der Waals surface area (Å²) in [5.41, 5.74) is 4.27. The van der Waals surface area contributed by atoms with E-state index in [0.717, 1.165) is 38.4 Å². The van der Waals surface area contributed by atoms with Gasteiger partial charge in [0.2, 0.25) is 0 Å². The van der Waals surface area contributed by atoms with Gasteiger partial charge in [0.25, 0.3) is 0 Å². The van der Waals surface area contributed by atoms with Crippen LogP contribution < -0.4 is 4.90 Å². The number of aromatic nitrogens is 1. The largest absolute Gasteiger partial charge is 0.378 e. The van der Waals surface area contributed by atoms with E-state index >= 15 is 0 Å². The molecule has 0 aliphatic carbocycles. The van der Waals surface area contributed by atoms with Crippen LogP contribution in [0.25, 0.3) is 0 Å². The highest BCUT2D eigenvalue weighted by Crippen LogP contribution is 2.20. The van der Waals surface area contributed by atoms with Gasteiger partial charge in [0.05, 0.1) is 13.2 Å². The van der Waals surface area contributed by atoms with Crippen LogP contribution in [0.3, 0.4) is 0 Å². The molecule has 0 N–H and O–H groups in total. The van der Waals surface area contributed by atoms with Crippen molar-refractivity contribution in [3.8, 4) is 0 Å². The lowest BCUT2D eigenvalue weighted by molar-refractivity contribution is 0.122. The number of morpholine rings is 1. The quantitative estimate of drug-likeness (QED) is 0.602. The smallest absolute Gasteiger partial charge is 0.127 e. The molecule has 5 heteroatoms. The van der Waals surface area contributed by atoms with Crippen molar-refractivity contribution in [2.45, 2.75) is 19.6 Å². The molecule has 4 rings (SSSR count). The number of ether oxygens (including phenoxy) is 1. The summed E-state index contributed by atoms with van der Waals surface area (Å²) in [5.74, 6) is -0.161. The molecule has 2 aromatic carbocycles. The molecule has 0 saturated carbocycles. The molecule has 0 amide bonds. The lowest BCUT2D eigenvalue weighted by Gasteiger charge is -2.29. The third kappa shape index (κ3) is 5.40. The second-order valence-electron chi connectivity index (χ2n) is 7.36. The number of pyridine rings is 1. The van der Waals surface area contributed by atoms with Crippen LogP contribution in [-0.2, 0) is 24.4 Å². The number of rotatable bonds is 7. The summed E-state index contributed by atoms with van der Waals surface area (Å²) in [6.45, 7) is 5.43. The number of halogens is 1. The van der Waals surface area contributed by atoms with Gasteiger partial charge in [-0.2, -0.15) is 0 Å². The second kappa shape index (κ2) is 9.63. The normalized spacial score (nSPS) is 14.3. The summed E-state index contributed by atoms with van der Waals surface area (Å²) in [6, 6.07) is 19.7. The Kier molecular flexibility index (Phi) is 6.49. The molecular weight excluding hydrogens is 365 g/mol. The average molecular weight is 391 g/mol. The van der Waals surface area contributed by atoms with E-state index in [4.69, 9.17) is 4.74 Å². The van der Waals surface area contributed by atoms with Crippen molar-refractivity contribution >= 4 is 5.69 Å². The first-order chi connectivity index (χ1) is 14.3. The topological polar surface area (TPSA) is 28.6 Å². The molecule has 0 radical (unpaired) electrons. The van der Waals surface area contributed by atoms with Gasteiger partial charge in [-0.3, -0.25) is 9.88 Å². The summed E-state index contributed by atoms with van der Waals surface area (Å²) in [4.78, 5) is 8.81. The Morgan fingerprint density at radius 3 is 2.34 bits per heavy atom. The van der Waals surface area contributed by atoms with E-state index in [-0.39, 0.29) is 5.82 Å². The summed E-state index contributed by atoms with van der Waals surface area (Å²) >= 11 is 0. The van der Waals surface area contributed by atoms with Crippen LogP contribution in [0.5, 0.6) is 0 Å². The number of hydrogen-bond acceptors (Lipinski definition) is 4. The minimum atomic E-state index is -0.161. The third-order valence-electron chi connectivity index (χ3n) is 5.20. The molecule has 2 heterocycles. The zero-order valence-corrected chi connectivity index (χ0v) is 16.5. The molecule has 1 fully saturated rings. The maximum atomic E-state index is 14.2. The lowest BCUT2D eigenvalue weighted by Crippen LogP contribution is -2.36. The SMILES string of the molecule is Fc1ccccc1CN(Cc1ccc(N2CCOCC2)cc1)Cc1cccnc1. The highest BCUT2D eigenvalue weighted by molar-refractivity contribution is 5.48. The van der Waals surface area contributed by atoms with E-state index in [1.807, 2.05) is 24.4 Å². The minimum absolute atomic E-state index is 0.161. The molecule has 3 aromatic rings. The molecular formula is C24H26FN3O. The van der Waals surface area contributed by atoms with Crippen molar-refractivity contribution in [3.05, 3.63) is 95.6 Å². The number of hydrogen-bond donors (Lipinski definition) is 0. The van der Waals surface area contributed by atoms with E-state index in [0.29, 0.717) is 18.7 Å². The van der Waals surface area contributed by atoms with E-state index in [2.05, 4.69) is 45.1 Å². The van der Waals surface area contributed by atoms with Crippen LogP contribution in [0, 0.1) is 5.82 Å². The van der Waals surface area contributed by atoms with Crippen LogP contribution in [-0.4, -0.2) is 36.2 Å². The van der Waals surface area contributed by atoms with Crippen LogP contribution >= 0.6 is 0 Å². The van der Waals surface area contributed by atoms with Crippen molar-refractivity contribution in [2.75, 3.05) is 31.2 Å². The molecule has 0 bridgehead atoms. The van der Waals surface area contributed by atoms with Crippen LogP contribution in [0.1, 0.15) is 16.7 Å². The molecule has 150 valence electrons. The fraction of sp³-hybridized carbons (Fsp3) is 0.292. The Bertz CT molecular complexity index is 896. The Morgan fingerprint density at radius 1 is 0.862 bits per heavy atom. The average Bonchev–Trinajstić information content (AvgIpc) is 2.77. The van der Waals surface area contributed by atoms with Gasteiger partial charge in [0.15, 0.2) is 0 Å². The Labute approximate surface area is 171 Å². The fourth-order valence-corrected chi connectivity index (χ4v) is 3.68. The zero-order chi connectivity index (χ0) is 19.9. The first-order valence-electron chi connectivity index (χ1n) is 10.0. The predicted octanol–water partition coefficient (Wildman–Crippen LogP) is 4.26. The first kappa shape index (κ1) is 19.6. The molecule has 0 atom stereocenters. The highest BCUT2D eigenvalue weighted by atomic mass is 19.1. The monoisotopic (exact) mass is 391 g/mol. The standard InChI is InChI=1S/C24H26FN3O/c25-24-6-2-1-5-22(24)19-27(18-21-4-3-11-26-16-21)17-20-7-9-23(10-8-20)28-12-14-29-15-13-28/h1-11,16H,12-15,17-19H2.